The van der Waals surface area contributed by atoms with E-state index in [4.69, 9.17) is 9.26 Å². The largest absolute Gasteiger partial charge is 0.488 e. The summed E-state index contributed by atoms with van der Waals surface area (Å²) in [6.45, 7) is 7.19. The molecule has 1 unspecified atom stereocenters. The van der Waals surface area contributed by atoms with E-state index in [9.17, 15) is 0 Å². The molecule has 2 aromatic rings. The van der Waals surface area contributed by atoms with Crippen molar-refractivity contribution in [3.8, 4) is 5.75 Å². The summed E-state index contributed by atoms with van der Waals surface area (Å²) in [5.74, 6) is 2.89. The summed E-state index contributed by atoms with van der Waals surface area (Å²) >= 11 is 2.06. The Morgan fingerprint density at radius 2 is 2.30 bits per heavy atom. The Bertz CT molecular complexity index is 663. The summed E-state index contributed by atoms with van der Waals surface area (Å²) in [7, 11) is 0. The van der Waals surface area contributed by atoms with Crippen LogP contribution in [0.25, 0.3) is 0 Å². The first-order chi connectivity index (χ1) is 11.1. The summed E-state index contributed by atoms with van der Waals surface area (Å²) in [6, 6.07) is 3.90. The lowest BCUT2D eigenvalue weighted by atomic mass is 9.92. The van der Waals surface area contributed by atoms with Crippen molar-refractivity contribution in [2.24, 2.45) is 0 Å². The number of hydrogen-bond donors (Lipinski definition) is 0. The van der Waals surface area contributed by atoms with Crippen molar-refractivity contribution in [1.29, 1.82) is 0 Å². The summed E-state index contributed by atoms with van der Waals surface area (Å²) in [5, 5.41) is 4.04. The van der Waals surface area contributed by atoms with Gasteiger partial charge in [0.1, 0.15) is 17.6 Å². The third kappa shape index (κ3) is 2.97. The molecule has 0 saturated carbocycles. The molecule has 2 aliphatic rings. The van der Waals surface area contributed by atoms with Crippen LogP contribution >= 0.6 is 11.8 Å². The van der Waals surface area contributed by atoms with Gasteiger partial charge in [-0.2, -0.15) is 0 Å². The molecular formula is C17H21N3O2S. The van der Waals surface area contributed by atoms with Crippen molar-refractivity contribution in [3.63, 3.8) is 0 Å². The lowest BCUT2D eigenvalue weighted by Crippen LogP contribution is -2.58. The van der Waals surface area contributed by atoms with Crippen LogP contribution in [0.15, 0.2) is 29.0 Å². The highest BCUT2D eigenvalue weighted by molar-refractivity contribution is 8.01. The highest BCUT2D eigenvalue weighted by Crippen LogP contribution is 2.46. The van der Waals surface area contributed by atoms with Gasteiger partial charge in [-0.1, -0.05) is 5.16 Å². The third-order valence-electron chi connectivity index (χ3n) is 4.70. The Hall–Kier alpha value is -1.53. The van der Waals surface area contributed by atoms with Crippen LogP contribution in [-0.2, 0) is 6.54 Å². The first-order valence-corrected chi connectivity index (χ1v) is 8.97. The molecule has 1 atom stereocenters. The van der Waals surface area contributed by atoms with Crippen molar-refractivity contribution < 1.29 is 9.26 Å². The molecule has 23 heavy (non-hydrogen) atoms. The minimum atomic E-state index is 0.297. The fourth-order valence-corrected chi connectivity index (χ4v) is 5.12. The molecule has 122 valence electrons. The van der Waals surface area contributed by atoms with Crippen LogP contribution < -0.4 is 4.74 Å². The van der Waals surface area contributed by atoms with Crippen LogP contribution in [0.1, 0.15) is 23.4 Å². The van der Waals surface area contributed by atoms with E-state index in [1.807, 2.05) is 26.0 Å². The molecule has 4 rings (SSSR count). The highest BCUT2D eigenvalue weighted by atomic mass is 32.2. The summed E-state index contributed by atoms with van der Waals surface area (Å²) in [6.07, 6.45) is 4.98. The van der Waals surface area contributed by atoms with E-state index in [0.717, 1.165) is 49.0 Å². The molecule has 0 radical (unpaired) electrons. The van der Waals surface area contributed by atoms with Crippen molar-refractivity contribution in [1.82, 2.24) is 15.0 Å². The van der Waals surface area contributed by atoms with Crippen molar-refractivity contribution in [2.45, 2.75) is 37.7 Å². The van der Waals surface area contributed by atoms with Crippen molar-refractivity contribution in [2.75, 3.05) is 18.8 Å². The monoisotopic (exact) mass is 331 g/mol. The van der Waals surface area contributed by atoms with Crippen LogP contribution in [0, 0.1) is 13.8 Å². The fraction of sp³-hybridized carbons (Fsp3) is 0.529. The smallest absolute Gasteiger partial charge is 0.138 e. The van der Waals surface area contributed by atoms with E-state index >= 15 is 0 Å². The minimum absolute atomic E-state index is 0.297. The molecule has 6 heteroatoms. The number of aryl methyl sites for hydroxylation is 2. The van der Waals surface area contributed by atoms with Gasteiger partial charge in [-0.25, -0.2) is 0 Å². The normalized spacial score (nSPS) is 23.1. The highest BCUT2D eigenvalue weighted by Gasteiger charge is 2.49. The van der Waals surface area contributed by atoms with Gasteiger partial charge in [0, 0.05) is 48.3 Å². The number of ether oxygens (including phenoxy) is 1. The fourth-order valence-electron chi connectivity index (χ4n) is 3.54. The Morgan fingerprint density at radius 1 is 1.43 bits per heavy atom. The molecule has 0 bridgehead atoms. The molecule has 0 N–H and O–H groups in total. The number of pyridine rings is 1. The van der Waals surface area contributed by atoms with Crippen LogP contribution in [0.2, 0.25) is 0 Å². The van der Waals surface area contributed by atoms with Gasteiger partial charge in [0.25, 0.3) is 0 Å². The SMILES string of the molecule is Cc1noc(C)c1CN1CC2(CC(Oc3cccnc3)CS2)C1. The van der Waals surface area contributed by atoms with Gasteiger partial charge in [0.05, 0.1) is 11.9 Å². The topological polar surface area (TPSA) is 51.4 Å². The number of aromatic nitrogens is 2. The zero-order valence-electron chi connectivity index (χ0n) is 13.5. The zero-order chi connectivity index (χ0) is 15.9. The van der Waals surface area contributed by atoms with E-state index in [-0.39, 0.29) is 0 Å². The third-order valence-corrected chi connectivity index (χ3v) is 6.27. The second-order valence-corrected chi connectivity index (χ2v) is 8.06. The van der Waals surface area contributed by atoms with Crippen LogP contribution in [0.5, 0.6) is 5.75 Å². The zero-order valence-corrected chi connectivity index (χ0v) is 14.3. The maximum absolute atomic E-state index is 6.06. The molecule has 4 heterocycles. The maximum atomic E-state index is 6.06. The summed E-state index contributed by atoms with van der Waals surface area (Å²) in [4.78, 5) is 6.59. The summed E-state index contributed by atoms with van der Waals surface area (Å²) in [5.41, 5.74) is 2.26. The molecule has 2 aromatic heterocycles. The lowest BCUT2D eigenvalue weighted by Gasteiger charge is -2.47. The van der Waals surface area contributed by atoms with Gasteiger partial charge < -0.3 is 9.26 Å². The van der Waals surface area contributed by atoms with E-state index in [2.05, 4.69) is 26.8 Å². The van der Waals surface area contributed by atoms with Crippen LogP contribution in [0.4, 0.5) is 0 Å². The second kappa shape index (κ2) is 5.83. The van der Waals surface area contributed by atoms with Gasteiger partial charge in [0.2, 0.25) is 0 Å². The van der Waals surface area contributed by atoms with Gasteiger partial charge in [-0.15, -0.1) is 11.8 Å². The predicted octanol–water partition coefficient (Wildman–Crippen LogP) is 2.83. The number of rotatable bonds is 4. The number of nitrogens with zero attached hydrogens (tertiary/aromatic N) is 3. The number of thioether (sulfide) groups is 1. The van der Waals surface area contributed by atoms with E-state index in [1.165, 1.54) is 5.56 Å². The average molecular weight is 331 g/mol. The lowest BCUT2D eigenvalue weighted by molar-refractivity contribution is 0.0914. The van der Waals surface area contributed by atoms with Crippen molar-refractivity contribution >= 4 is 11.8 Å². The van der Waals surface area contributed by atoms with Gasteiger partial charge in [0.15, 0.2) is 0 Å². The summed E-state index contributed by atoms with van der Waals surface area (Å²) < 4.78 is 11.7. The molecule has 0 aliphatic carbocycles. The van der Waals surface area contributed by atoms with E-state index in [0.29, 0.717) is 10.9 Å². The minimum Gasteiger partial charge on any atom is -0.488 e. The number of likely N-dealkylation sites (tertiary alicyclic amines) is 1. The molecular weight excluding hydrogens is 310 g/mol. The first-order valence-electron chi connectivity index (χ1n) is 7.98. The quantitative estimate of drug-likeness (QED) is 0.859. The Labute approximate surface area is 140 Å². The van der Waals surface area contributed by atoms with Crippen LogP contribution in [-0.4, -0.2) is 44.7 Å². The molecule has 2 aliphatic heterocycles. The van der Waals surface area contributed by atoms with Gasteiger partial charge >= 0.3 is 0 Å². The molecule has 0 amide bonds. The first kappa shape index (κ1) is 15.0. The van der Waals surface area contributed by atoms with Gasteiger partial charge in [-0.3, -0.25) is 9.88 Å². The molecule has 2 saturated heterocycles. The van der Waals surface area contributed by atoms with Gasteiger partial charge in [-0.05, 0) is 26.0 Å². The second-order valence-electron chi connectivity index (χ2n) is 6.57. The van der Waals surface area contributed by atoms with E-state index < -0.39 is 0 Å². The molecule has 0 aromatic carbocycles. The molecule has 1 spiro atoms. The van der Waals surface area contributed by atoms with Crippen molar-refractivity contribution in [3.05, 3.63) is 41.5 Å². The predicted molar refractivity (Wildman–Crippen MR) is 89.7 cm³/mol. The van der Waals surface area contributed by atoms with E-state index in [1.54, 1.807) is 12.4 Å². The maximum Gasteiger partial charge on any atom is 0.138 e. The average Bonchev–Trinajstić information content (AvgIpc) is 3.07. The Kier molecular flexibility index (Phi) is 3.81. The molecule has 2 fully saturated rings. The van der Waals surface area contributed by atoms with Crippen LogP contribution in [0.3, 0.4) is 0 Å². The standard InChI is InChI=1S/C17H21N3O2S/c1-12-16(13(2)22-19-12)8-20-10-17(11-20)6-15(9-23-17)21-14-4-3-5-18-7-14/h3-5,7,15H,6,8-11H2,1-2H3. The number of hydrogen-bond acceptors (Lipinski definition) is 6. The Morgan fingerprint density at radius 3 is 3.00 bits per heavy atom. The molecule has 5 nitrogen and oxygen atoms in total. The Balaban J connectivity index is 1.31.